The van der Waals surface area contributed by atoms with Gasteiger partial charge in [0.15, 0.2) is 0 Å². The standard InChI is InChI=1S/C19H28N2O3/c1-13(2)8-18(23)21-11-16-7-5-4-6-15(16)9-17(21)19(24)20-10-14(3)12-22/h4-7,13-14,17,22H,8-12H2,1-3H3,(H,20,24). The van der Waals surface area contributed by atoms with Gasteiger partial charge in [-0.05, 0) is 23.0 Å². The Morgan fingerprint density at radius 2 is 1.92 bits per heavy atom. The monoisotopic (exact) mass is 332 g/mol. The molecule has 1 aliphatic heterocycles. The largest absolute Gasteiger partial charge is 0.396 e. The molecule has 1 aliphatic rings. The minimum Gasteiger partial charge on any atom is -0.396 e. The van der Waals surface area contributed by atoms with E-state index in [1.807, 2.05) is 45.0 Å². The third-order valence-electron chi connectivity index (χ3n) is 4.39. The Morgan fingerprint density at radius 3 is 2.54 bits per heavy atom. The van der Waals surface area contributed by atoms with E-state index in [0.717, 1.165) is 11.1 Å². The fourth-order valence-electron chi connectivity index (χ4n) is 2.94. The molecule has 0 spiro atoms. The summed E-state index contributed by atoms with van der Waals surface area (Å²) in [6.07, 6.45) is 0.984. The van der Waals surface area contributed by atoms with Crippen molar-refractivity contribution in [1.29, 1.82) is 0 Å². The summed E-state index contributed by atoms with van der Waals surface area (Å²) in [5.41, 5.74) is 2.24. The molecule has 2 amide bonds. The summed E-state index contributed by atoms with van der Waals surface area (Å²) in [4.78, 5) is 27.0. The first-order valence-electron chi connectivity index (χ1n) is 8.67. The van der Waals surface area contributed by atoms with Gasteiger partial charge in [-0.15, -0.1) is 0 Å². The lowest BCUT2D eigenvalue weighted by molar-refractivity contribution is -0.142. The smallest absolute Gasteiger partial charge is 0.243 e. The Kier molecular flexibility index (Phi) is 6.37. The van der Waals surface area contributed by atoms with Gasteiger partial charge in [-0.25, -0.2) is 0 Å². The van der Waals surface area contributed by atoms with Gasteiger partial charge in [-0.1, -0.05) is 45.0 Å². The Labute approximate surface area is 144 Å². The lowest BCUT2D eigenvalue weighted by Crippen LogP contribution is -2.53. The number of hydrogen-bond acceptors (Lipinski definition) is 3. The van der Waals surface area contributed by atoms with Crippen molar-refractivity contribution < 1.29 is 14.7 Å². The summed E-state index contributed by atoms with van der Waals surface area (Å²) in [6, 6.07) is 7.50. The molecule has 0 bridgehead atoms. The van der Waals surface area contributed by atoms with Gasteiger partial charge in [-0.2, -0.15) is 0 Å². The molecular formula is C19H28N2O3. The molecule has 5 nitrogen and oxygen atoms in total. The van der Waals surface area contributed by atoms with Gasteiger partial charge >= 0.3 is 0 Å². The minimum atomic E-state index is -0.475. The number of carbonyl (C=O) groups excluding carboxylic acids is 2. The van der Waals surface area contributed by atoms with Gasteiger partial charge in [0.1, 0.15) is 6.04 Å². The number of aliphatic hydroxyl groups excluding tert-OH is 1. The Bertz CT molecular complexity index is 586. The van der Waals surface area contributed by atoms with Crippen molar-refractivity contribution in [1.82, 2.24) is 10.2 Å². The normalized spacial score (nSPS) is 18.2. The van der Waals surface area contributed by atoms with Crippen molar-refractivity contribution in [3.8, 4) is 0 Å². The first-order chi connectivity index (χ1) is 11.4. The fraction of sp³-hybridized carbons (Fsp3) is 0.579. The predicted octanol–water partition coefficient (Wildman–Crippen LogP) is 1.73. The quantitative estimate of drug-likeness (QED) is 0.833. The first kappa shape index (κ1) is 18.5. The third-order valence-corrected chi connectivity index (χ3v) is 4.39. The number of aliphatic hydroxyl groups is 1. The molecule has 0 aromatic heterocycles. The van der Waals surface area contributed by atoms with Gasteiger partial charge in [0.05, 0.1) is 0 Å². The van der Waals surface area contributed by atoms with Crippen LogP contribution in [0.25, 0.3) is 0 Å². The Hall–Kier alpha value is -1.88. The second kappa shape index (κ2) is 8.29. The van der Waals surface area contributed by atoms with E-state index in [9.17, 15) is 9.59 Å². The highest BCUT2D eigenvalue weighted by Gasteiger charge is 2.34. The van der Waals surface area contributed by atoms with Crippen LogP contribution < -0.4 is 5.32 Å². The second-order valence-corrected chi connectivity index (χ2v) is 7.14. The van der Waals surface area contributed by atoms with E-state index < -0.39 is 6.04 Å². The lowest BCUT2D eigenvalue weighted by Gasteiger charge is -2.36. The van der Waals surface area contributed by atoms with Crippen LogP contribution in [0, 0.1) is 11.8 Å². The molecule has 2 rings (SSSR count). The van der Waals surface area contributed by atoms with E-state index >= 15 is 0 Å². The summed E-state index contributed by atoms with van der Waals surface area (Å²) in [5, 5.41) is 12.0. The predicted molar refractivity (Wildman–Crippen MR) is 93.2 cm³/mol. The van der Waals surface area contributed by atoms with Crippen molar-refractivity contribution in [2.24, 2.45) is 11.8 Å². The molecule has 24 heavy (non-hydrogen) atoms. The maximum absolute atomic E-state index is 12.6. The van der Waals surface area contributed by atoms with Crippen LogP contribution >= 0.6 is 0 Å². The maximum Gasteiger partial charge on any atom is 0.243 e. The molecule has 1 aromatic rings. The van der Waals surface area contributed by atoms with E-state index in [-0.39, 0.29) is 30.3 Å². The molecule has 0 radical (unpaired) electrons. The van der Waals surface area contributed by atoms with Gasteiger partial charge in [0.25, 0.3) is 0 Å². The summed E-state index contributed by atoms with van der Waals surface area (Å²) in [7, 11) is 0. The zero-order valence-electron chi connectivity index (χ0n) is 14.8. The molecule has 2 unspecified atom stereocenters. The van der Waals surface area contributed by atoms with Crippen LogP contribution in [0.3, 0.4) is 0 Å². The molecule has 0 saturated carbocycles. The number of benzene rings is 1. The average molecular weight is 332 g/mol. The molecule has 2 N–H and O–H groups in total. The van der Waals surface area contributed by atoms with Crippen molar-refractivity contribution in [3.05, 3.63) is 35.4 Å². The van der Waals surface area contributed by atoms with Gasteiger partial charge in [-0.3, -0.25) is 9.59 Å². The number of nitrogens with zero attached hydrogens (tertiary/aromatic N) is 1. The van der Waals surface area contributed by atoms with Gasteiger partial charge in [0, 0.05) is 32.5 Å². The van der Waals surface area contributed by atoms with Crippen LogP contribution in [0.1, 0.15) is 38.3 Å². The van der Waals surface area contributed by atoms with E-state index in [2.05, 4.69) is 5.32 Å². The first-order valence-corrected chi connectivity index (χ1v) is 8.67. The van der Waals surface area contributed by atoms with Gasteiger partial charge in [0.2, 0.25) is 11.8 Å². The lowest BCUT2D eigenvalue weighted by atomic mass is 9.92. The highest BCUT2D eigenvalue weighted by molar-refractivity contribution is 5.88. The maximum atomic E-state index is 12.6. The number of hydrogen-bond donors (Lipinski definition) is 2. The van der Waals surface area contributed by atoms with Crippen LogP contribution in [0.2, 0.25) is 0 Å². The van der Waals surface area contributed by atoms with Crippen LogP contribution in [-0.2, 0) is 22.6 Å². The van der Waals surface area contributed by atoms with E-state index in [1.54, 1.807) is 4.90 Å². The Balaban J connectivity index is 2.17. The molecule has 132 valence electrons. The van der Waals surface area contributed by atoms with Crippen LogP contribution in [0.4, 0.5) is 0 Å². The van der Waals surface area contributed by atoms with Crippen molar-refractivity contribution in [2.75, 3.05) is 13.2 Å². The van der Waals surface area contributed by atoms with Crippen molar-refractivity contribution >= 4 is 11.8 Å². The summed E-state index contributed by atoms with van der Waals surface area (Å²) < 4.78 is 0. The van der Waals surface area contributed by atoms with Crippen LogP contribution in [-0.4, -0.2) is 41.0 Å². The topological polar surface area (TPSA) is 69.6 Å². The van der Waals surface area contributed by atoms with Crippen molar-refractivity contribution in [3.63, 3.8) is 0 Å². The summed E-state index contributed by atoms with van der Waals surface area (Å²) in [6.45, 7) is 6.82. The molecular weight excluding hydrogens is 304 g/mol. The Morgan fingerprint density at radius 1 is 1.25 bits per heavy atom. The molecule has 1 heterocycles. The number of carbonyl (C=O) groups is 2. The number of nitrogens with one attached hydrogen (secondary N) is 1. The van der Waals surface area contributed by atoms with Crippen LogP contribution in [0.15, 0.2) is 24.3 Å². The van der Waals surface area contributed by atoms with E-state index in [1.165, 1.54) is 0 Å². The summed E-state index contributed by atoms with van der Waals surface area (Å²) in [5.74, 6) is 0.147. The molecule has 0 aliphatic carbocycles. The summed E-state index contributed by atoms with van der Waals surface area (Å²) >= 11 is 0. The molecule has 0 fully saturated rings. The number of amides is 2. The minimum absolute atomic E-state index is 0.00430. The molecule has 2 atom stereocenters. The zero-order valence-corrected chi connectivity index (χ0v) is 14.8. The third kappa shape index (κ3) is 4.57. The van der Waals surface area contributed by atoms with Crippen molar-refractivity contribution in [2.45, 2.75) is 46.2 Å². The molecule has 1 aromatic carbocycles. The van der Waals surface area contributed by atoms with E-state index in [0.29, 0.717) is 25.9 Å². The van der Waals surface area contributed by atoms with Crippen LogP contribution in [0.5, 0.6) is 0 Å². The molecule has 0 saturated heterocycles. The zero-order chi connectivity index (χ0) is 17.7. The highest BCUT2D eigenvalue weighted by Crippen LogP contribution is 2.25. The average Bonchev–Trinajstić information content (AvgIpc) is 2.57. The molecule has 5 heteroatoms. The van der Waals surface area contributed by atoms with E-state index in [4.69, 9.17) is 5.11 Å². The SMILES string of the molecule is CC(C)CC(=O)N1Cc2ccccc2CC1C(=O)NCC(C)CO. The second-order valence-electron chi connectivity index (χ2n) is 7.14. The van der Waals surface area contributed by atoms with Gasteiger partial charge < -0.3 is 15.3 Å². The fourth-order valence-corrected chi connectivity index (χ4v) is 2.94. The number of rotatable bonds is 6. The number of fused-ring (bicyclic) bond motifs is 1. The highest BCUT2D eigenvalue weighted by atomic mass is 16.3.